The quantitative estimate of drug-likeness (QED) is 0.634. The maximum atomic E-state index is 5.85. The van der Waals surface area contributed by atoms with E-state index in [1.807, 2.05) is 61.5 Å². The van der Waals surface area contributed by atoms with Crippen LogP contribution in [0.5, 0.6) is 11.5 Å². The second-order valence-corrected chi connectivity index (χ2v) is 7.45. The van der Waals surface area contributed by atoms with Crippen LogP contribution in [0.2, 0.25) is 0 Å². The number of para-hydroxylation sites is 1. The third-order valence-electron chi connectivity index (χ3n) is 4.91. The Kier molecular flexibility index (Phi) is 5.42. The van der Waals surface area contributed by atoms with Crippen molar-refractivity contribution in [2.75, 3.05) is 23.3 Å². The summed E-state index contributed by atoms with van der Waals surface area (Å²) in [4.78, 5) is 11.7. The van der Waals surface area contributed by atoms with Gasteiger partial charge in [0.05, 0.1) is 0 Å². The number of anilines is 3. The zero-order chi connectivity index (χ0) is 19.3. The lowest BCUT2D eigenvalue weighted by Crippen LogP contribution is -2.35. The third kappa shape index (κ3) is 4.60. The van der Waals surface area contributed by atoms with Gasteiger partial charge in [-0.25, -0.2) is 4.98 Å². The molecule has 0 spiro atoms. The SMILES string of the molecule is Cc1cc(N2CCCC(C)C2)nc(Nc2ccc(Oc3ccccc3)cc2)n1. The summed E-state index contributed by atoms with van der Waals surface area (Å²) in [7, 11) is 0. The third-order valence-corrected chi connectivity index (χ3v) is 4.91. The van der Waals surface area contributed by atoms with Gasteiger partial charge in [0.2, 0.25) is 5.95 Å². The van der Waals surface area contributed by atoms with Gasteiger partial charge in [0, 0.05) is 30.5 Å². The van der Waals surface area contributed by atoms with Crippen LogP contribution in [0.1, 0.15) is 25.5 Å². The molecule has 2 heterocycles. The summed E-state index contributed by atoms with van der Waals surface area (Å²) in [5.41, 5.74) is 1.90. The molecule has 4 rings (SSSR count). The van der Waals surface area contributed by atoms with E-state index in [0.29, 0.717) is 11.9 Å². The number of hydrogen-bond acceptors (Lipinski definition) is 5. The summed E-state index contributed by atoms with van der Waals surface area (Å²) < 4.78 is 5.85. The molecule has 0 saturated carbocycles. The van der Waals surface area contributed by atoms with Crippen molar-refractivity contribution in [3.63, 3.8) is 0 Å². The van der Waals surface area contributed by atoms with Gasteiger partial charge in [0.25, 0.3) is 0 Å². The second-order valence-electron chi connectivity index (χ2n) is 7.45. The van der Waals surface area contributed by atoms with Crippen LogP contribution >= 0.6 is 0 Å². The lowest BCUT2D eigenvalue weighted by atomic mass is 10.0. The lowest BCUT2D eigenvalue weighted by Gasteiger charge is -2.32. The van der Waals surface area contributed by atoms with Crippen molar-refractivity contribution in [1.82, 2.24) is 9.97 Å². The van der Waals surface area contributed by atoms with Gasteiger partial charge in [-0.3, -0.25) is 0 Å². The predicted octanol–water partition coefficient (Wildman–Crippen LogP) is 5.56. The molecule has 1 fully saturated rings. The molecule has 0 radical (unpaired) electrons. The van der Waals surface area contributed by atoms with Crippen molar-refractivity contribution in [3.8, 4) is 11.5 Å². The Hall–Kier alpha value is -3.08. The standard InChI is InChI=1S/C23H26N4O/c1-17-7-6-14-27(16-17)22-15-18(2)24-23(26-22)25-19-10-12-21(13-11-19)28-20-8-4-3-5-9-20/h3-5,8-13,15,17H,6-7,14,16H2,1-2H3,(H,24,25,26). The summed E-state index contributed by atoms with van der Waals surface area (Å²) in [6.07, 6.45) is 2.51. The summed E-state index contributed by atoms with van der Waals surface area (Å²) in [6, 6.07) is 19.7. The molecule has 5 heteroatoms. The van der Waals surface area contributed by atoms with E-state index in [-0.39, 0.29) is 0 Å². The first-order valence-corrected chi connectivity index (χ1v) is 9.86. The van der Waals surface area contributed by atoms with Gasteiger partial charge in [0.15, 0.2) is 0 Å². The van der Waals surface area contributed by atoms with Crippen molar-refractivity contribution in [1.29, 1.82) is 0 Å². The van der Waals surface area contributed by atoms with E-state index < -0.39 is 0 Å². The molecule has 1 aromatic heterocycles. The number of benzene rings is 2. The Morgan fingerprint density at radius 3 is 2.50 bits per heavy atom. The first-order chi connectivity index (χ1) is 13.7. The topological polar surface area (TPSA) is 50.3 Å². The summed E-state index contributed by atoms with van der Waals surface area (Å²) in [6.45, 7) is 6.44. The maximum absolute atomic E-state index is 5.85. The van der Waals surface area contributed by atoms with Gasteiger partial charge in [-0.05, 0) is 62.1 Å². The van der Waals surface area contributed by atoms with Gasteiger partial charge in [-0.15, -0.1) is 0 Å². The van der Waals surface area contributed by atoms with Crippen molar-refractivity contribution in [2.45, 2.75) is 26.7 Å². The van der Waals surface area contributed by atoms with E-state index in [2.05, 4.69) is 28.2 Å². The number of nitrogens with zero attached hydrogens (tertiary/aromatic N) is 3. The van der Waals surface area contributed by atoms with Crippen molar-refractivity contribution in [3.05, 3.63) is 66.4 Å². The van der Waals surface area contributed by atoms with Gasteiger partial charge >= 0.3 is 0 Å². The number of piperidine rings is 1. The van der Waals surface area contributed by atoms with E-state index >= 15 is 0 Å². The van der Waals surface area contributed by atoms with Crippen LogP contribution in [0, 0.1) is 12.8 Å². The molecular formula is C23H26N4O. The van der Waals surface area contributed by atoms with Crippen molar-refractivity contribution < 1.29 is 4.74 Å². The molecule has 1 N–H and O–H groups in total. The highest BCUT2D eigenvalue weighted by Crippen LogP contribution is 2.26. The first kappa shape index (κ1) is 18.3. The number of aromatic nitrogens is 2. The molecule has 1 aliphatic heterocycles. The molecule has 5 nitrogen and oxygen atoms in total. The van der Waals surface area contributed by atoms with E-state index in [0.717, 1.165) is 41.8 Å². The number of ether oxygens (including phenoxy) is 1. The Bertz CT molecular complexity index is 912. The summed E-state index contributed by atoms with van der Waals surface area (Å²) >= 11 is 0. The number of rotatable bonds is 5. The molecule has 2 aromatic carbocycles. The van der Waals surface area contributed by atoms with Crippen LogP contribution < -0.4 is 15.0 Å². The van der Waals surface area contributed by atoms with Gasteiger partial charge < -0.3 is 15.0 Å². The van der Waals surface area contributed by atoms with Crippen LogP contribution in [0.25, 0.3) is 0 Å². The normalized spacial score (nSPS) is 16.6. The van der Waals surface area contributed by atoms with Gasteiger partial charge in [-0.1, -0.05) is 25.1 Å². The average Bonchev–Trinajstić information content (AvgIpc) is 2.70. The average molecular weight is 374 g/mol. The number of aryl methyl sites for hydroxylation is 1. The summed E-state index contributed by atoms with van der Waals surface area (Å²) in [5, 5.41) is 3.32. The second kappa shape index (κ2) is 8.30. The molecule has 0 bridgehead atoms. The first-order valence-electron chi connectivity index (χ1n) is 9.86. The fourth-order valence-corrected chi connectivity index (χ4v) is 3.53. The monoisotopic (exact) mass is 374 g/mol. The zero-order valence-electron chi connectivity index (χ0n) is 16.4. The van der Waals surface area contributed by atoms with E-state index in [9.17, 15) is 0 Å². The van der Waals surface area contributed by atoms with E-state index in [1.165, 1.54) is 12.8 Å². The van der Waals surface area contributed by atoms with E-state index in [1.54, 1.807) is 0 Å². The fourth-order valence-electron chi connectivity index (χ4n) is 3.53. The molecule has 1 atom stereocenters. The number of nitrogens with one attached hydrogen (secondary N) is 1. The Labute approximate surface area is 166 Å². The number of hydrogen-bond donors (Lipinski definition) is 1. The minimum atomic E-state index is 0.630. The Balaban J connectivity index is 1.46. The van der Waals surface area contributed by atoms with Crippen LogP contribution in [-0.4, -0.2) is 23.1 Å². The molecule has 1 saturated heterocycles. The van der Waals surface area contributed by atoms with E-state index in [4.69, 9.17) is 9.72 Å². The minimum absolute atomic E-state index is 0.630. The molecule has 1 aliphatic rings. The highest BCUT2D eigenvalue weighted by atomic mass is 16.5. The smallest absolute Gasteiger partial charge is 0.229 e. The fraction of sp³-hybridized carbons (Fsp3) is 0.304. The highest BCUT2D eigenvalue weighted by molar-refractivity contribution is 5.57. The molecule has 3 aromatic rings. The molecule has 144 valence electrons. The lowest BCUT2D eigenvalue weighted by molar-refractivity contribution is 0.444. The van der Waals surface area contributed by atoms with Crippen LogP contribution in [0.3, 0.4) is 0 Å². The van der Waals surface area contributed by atoms with Crippen LogP contribution in [-0.2, 0) is 0 Å². The minimum Gasteiger partial charge on any atom is -0.457 e. The highest BCUT2D eigenvalue weighted by Gasteiger charge is 2.18. The van der Waals surface area contributed by atoms with Crippen LogP contribution in [0.4, 0.5) is 17.5 Å². The predicted molar refractivity (Wildman–Crippen MR) is 114 cm³/mol. The summed E-state index contributed by atoms with van der Waals surface area (Å²) in [5.74, 6) is 3.96. The molecular weight excluding hydrogens is 348 g/mol. The zero-order valence-corrected chi connectivity index (χ0v) is 16.4. The largest absolute Gasteiger partial charge is 0.457 e. The Morgan fingerprint density at radius 2 is 1.75 bits per heavy atom. The van der Waals surface area contributed by atoms with Crippen molar-refractivity contribution in [2.24, 2.45) is 5.92 Å². The van der Waals surface area contributed by atoms with Crippen LogP contribution in [0.15, 0.2) is 60.7 Å². The van der Waals surface area contributed by atoms with Gasteiger partial charge in [-0.2, -0.15) is 4.98 Å². The van der Waals surface area contributed by atoms with Crippen molar-refractivity contribution >= 4 is 17.5 Å². The maximum Gasteiger partial charge on any atom is 0.229 e. The Morgan fingerprint density at radius 1 is 1.00 bits per heavy atom. The molecule has 1 unspecified atom stereocenters. The molecule has 0 amide bonds. The van der Waals surface area contributed by atoms with Gasteiger partial charge in [0.1, 0.15) is 17.3 Å². The molecule has 0 aliphatic carbocycles. The molecule has 28 heavy (non-hydrogen) atoms.